The molecular formula is C17H27ClN2O2. The SMILES string of the molecule is CC(C)C(N)CCN(C)C(=O)C1OCCc2ccccc21.Cl. The van der Waals surface area contributed by atoms with Crippen LogP contribution in [0.4, 0.5) is 0 Å². The lowest BCUT2D eigenvalue weighted by Gasteiger charge is -2.29. The van der Waals surface area contributed by atoms with Crippen LogP contribution < -0.4 is 5.73 Å². The summed E-state index contributed by atoms with van der Waals surface area (Å²) in [6, 6.07) is 8.16. The molecule has 0 bridgehead atoms. The zero-order valence-corrected chi connectivity index (χ0v) is 14.4. The summed E-state index contributed by atoms with van der Waals surface area (Å²) in [7, 11) is 1.83. The monoisotopic (exact) mass is 326 g/mol. The quantitative estimate of drug-likeness (QED) is 0.904. The second kappa shape index (κ2) is 8.51. The third-order valence-corrected chi connectivity index (χ3v) is 4.25. The normalized spacial score (nSPS) is 18.3. The van der Waals surface area contributed by atoms with Gasteiger partial charge < -0.3 is 15.4 Å². The smallest absolute Gasteiger partial charge is 0.256 e. The van der Waals surface area contributed by atoms with Gasteiger partial charge in [0.15, 0.2) is 6.10 Å². The fourth-order valence-electron chi connectivity index (χ4n) is 2.58. The van der Waals surface area contributed by atoms with Crippen LogP contribution in [-0.2, 0) is 16.0 Å². The largest absolute Gasteiger partial charge is 0.363 e. The molecule has 1 aliphatic heterocycles. The van der Waals surface area contributed by atoms with Gasteiger partial charge in [0.25, 0.3) is 5.91 Å². The molecule has 2 rings (SSSR count). The molecule has 2 unspecified atom stereocenters. The van der Waals surface area contributed by atoms with E-state index in [2.05, 4.69) is 19.9 Å². The molecule has 0 saturated heterocycles. The minimum absolute atomic E-state index is 0. The van der Waals surface area contributed by atoms with Crippen molar-refractivity contribution in [2.45, 2.75) is 38.8 Å². The van der Waals surface area contributed by atoms with Gasteiger partial charge in [0.2, 0.25) is 0 Å². The molecule has 4 nitrogen and oxygen atoms in total. The summed E-state index contributed by atoms with van der Waals surface area (Å²) in [4.78, 5) is 14.3. The molecule has 0 radical (unpaired) electrons. The highest BCUT2D eigenvalue weighted by atomic mass is 35.5. The van der Waals surface area contributed by atoms with Crippen molar-refractivity contribution in [3.8, 4) is 0 Å². The first-order valence-electron chi connectivity index (χ1n) is 7.70. The number of ether oxygens (including phenoxy) is 1. The Labute approximate surface area is 139 Å². The highest BCUT2D eigenvalue weighted by molar-refractivity contribution is 5.85. The molecule has 124 valence electrons. The number of halogens is 1. The first-order chi connectivity index (χ1) is 10.0. The number of nitrogens with zero attached hydrogens (tertiary/aromatic N) is 1. The summed E-state index contributed by atoms with van der Waals surface area (Å²) in [6.45, 7) is 5.48. The average Bonchev–Trinajstić information content (AvgIpc) is 2.50. The highest BCUT2D eigenvalue weighted by Crippen LogP contribution is 2.28. The Morgan fingerprint density at radius 2 is 2.09 bits per heavy atom. The number of hydrogen-bond acceptors (Lipinski definition) is 3. The first-order valence-corrected chi connectivity index (χ1v) is 7.70. The van der Waals surface area contributed by atoms with E-state index < -0.39 is 6.10 Å². The maximum atomic E-state index is 12.6. The second-order valence-electron chi connectivity index (χ2n) is 6.16. The molecule has 2 atom stereocenters. The lowest BCUT2D eigenvalue weighted by molar-refractivity contribution is -0.143. The van der Waals surface area contributed by atoms with E-state index in [1.807, 2.05) is 25.2 Å². The zero-order chi connectivity index (χ0) is 15.4. The molecule has 1 aromatic rings. The van der Waals surface area contributed by atoms with Crippen LogP contribution in [-0.4, -0.2) is 37.0 Å². The van der Waals surface area contributed by atoms with Gasteiger partial charge in [-0.15, -0.1) is 12.4 Å². The van der Waals surface area contributed by atoms with Crippen molar-refractivity contribution in [2.75, 3.05) is 20.2 Å². The highest BCUT2D eigenvalue weighted by Gasteiger charge is 2.29. The van der Waals surface area contributed by atoms with E-state index in [0.717, 1.165) is 18.4 Å². The van der Waals surface area contributed by atoms with E-state index in [1.54, 1.807) is 4.90 Å². The molecule has 5 heteroatoms. The predicted molar refractivity (Wildman–Crippen MR) is 91.2 cm³/mol. The van der Waals surface area contributed by atoms with E-state index in [-0.39, 0.29) is 24.4 Å². The minimum atomic E-state index is -0.463. The summed E-state index contributed by atoms with van der Waals surface area (Å²) in [5, 5.41) is 0. The van der Waals surface area contributed by atoms with E-state index >= 15 is 0 Å². The van der Waals surface area contributed by atoms with Gasteiger partial charge in [-0.25, -0.2) is 0 Å². The molecule has 1 amide bonds. The number of benzene rings is 1. The van der Waals surface area contributed by atoms with Crippen molar-refractivity contribution >= 4 is 18.3 Å². The van der Waals surface area contributed by atoms with Crippen molar-refractivity contribution in [1.29, 1.82) is 0 Å². The summed E-state index contributed by atoms with van der Waals surface area (Å²) in [5.41, 5.74) is 8.28. The fraction of sp³-hybridized carbons (Fsp3) is 0.588. The number of likely N-dealkylation sites (N-methyl/N-ethyl adjacent to an activating group) is 1. The number of amides is 1. The molecule has 1 aliphatic rings. The van der Waals surface area contributed by atoms with Crippen LogP contribution in [0.1, 0.15) is 37.5 Å². The van der Waals surface area contributed by atoms with Gasteiger partial charge in [-0.2, -0.15) is 0 Å². The van der Waals surface area contributed by atoms with Crippen LogP contribution >= 0.6 is 12.4 Å². The van der Waals surface area contributed by atoms with Crippen LogP contribution in [0.5, 0.6) is 0 Å². The number of rotatable bonds is 5. The van der Waals surface area contributed by atoms with Gasteiger partial charge in [0.1, 0.15) is 0 Å². The van der Waals surface area contributed by atoms with Gasteiger partial charge in [0, 0.05) is 19.6 Å². The van der Waals surface area contributed by atoms with E-state index in [9.17, 15) is 4.79 Å². The Bertz CT molecular complexity index is 493. The molecular weight excluding hydrogens is 300 g/mol. The number of nitrogens with two attached hydrogens (primary N) is 1. The van der Waals surface area contributed by atoms with Gasteiger partial charge in [-0.1, -0.05) is 38.1 Å². The molecule has 22 heavy (non-hydrogen) atoms. The third kappa shape index (κ3) is 4.45. The minimum Gasteiger partial charge on any atom is -0.363 e. The summed E-state index contributed by atoms with van der Waals surface area (Å²) < 4.78 is 5.72. The van der Waals surface area contributed by atoms with Crippen molar-refractivity contribution in [3.63, 3.8) is 0 Å². The van der Waals surface area contributed by atoms with Gasteiger partial charge in [-0.3, -0.25) is 4.79 Å². The Morgan fingerprint density at radius 3 is 2.77 bits per heavy atom. The average molecular weight is 327 g/mol. The summed E-state index contributed by atoms with van der Waals surface area (Å²) >= 11 is 0. The van der Waals surface area contributed by atoms with Crippen LogP contribution in [0.3, 0.4) is 0 Å². The molecule has 1 aromatic carbocycles. The maximum Gasteiger partial charge on any atom is 0.256 e. The van der Waals surface area contributed by atoms with Crippen molar-refractivity contribution in [1.82, 2.24) is 4.90 Å². The van der Waals surface area contributed by atoms with E-state index in [4.69, 9.17) is 10.5 Å². The van der Waals surface area contributed by atoms with Gasteiger partial charge in [0.05, 0.1) is 6.61 Å². The molecule has 0 aliphatic carbocycles. The fourth-order valence-corrected chi connectivity index (χ4v) is 2.58. The van der Waals surface area contributed by atoms with Gasteiger partial charge in [-0.05, 0) is 29.9 Å². The van der Waals surface area contributed by atoms with E-state index in [0.29, 0.717) is 19.1 Å². The lowest BCUT2D eigenvalue weighted by Crippen LogP contribution is -2.38. The second-order valence-corrected chi connectivity index (χ2v) is 6.16. The van der Waals surface area contributed by atoms with Crippen LogP contribution in [0.2, 0.25) is 0 Å². The standard InChI is InChI=1S/C17H26N2O2.ClH/c1-12(2)15(18)8-10-19(3)17(20)16-14-7-5-4-6-13(14)9-11-21-16;/h4-7,12,15-16H,8-11,18H2,1-3H3;1H. The van der Waals surface area contributed by atoms with Crippen LogP contribution in [0, 0.1) is 5.92 Å². The first kappa shape index (κ1) is 18.9. The van der Waals surface area contributed by atoms with Crippen LogP contribution in [0.25, 0.3) is 0 Å². The molecule has 2 N–H and O–H groups in total. The zero-order valence-electron chi connectivity index (χ0n) is 13.6. The van der Waals surface area contributed by atoms with Gasteiger partial charge >= 0.3 is 0 Å². The Hall–Kier alpha value is -1.10. The predicted octanol–water partition coefficient (Wildman–Crippen LogP) is 2.55. The molecule has 0 spiro atoms. The van der Waals surface area contributed by atoms with Crippen LogP contribution in [0.15, 0.2) is 24.3 Å². The number of hydrogen-bond donors (Lipinski definition) is 1. The molecule has 1 heterocycles. The number of carbonyl (C=O) groups is 1. The van der Waals surface area contributed by atoms with Crippen molar-refractivity contribution in [2.24, 2.45) is 11.7 Å². The molecule has 0 aromatic heterocycles. The third-order valence-electron chi connectivity index (χ3n) is 4.25. The Morgan fingerprint density at radius 1 is 1.41 bits per heavy atom. The Balaban J connectivity index is 0.00000242. The molecule has 0 fully saturated rings. The topological polar surface area (TPSA) is 55.6 Å². The van der Waals surface area contributed by atoms with E-state index in [1.165, 1.54) is 5.56 Å². The van der Waals surface area contributed by atoms with Crippen molar-refractivity contribution in [3.05, 3.63) is 35.4 Å². The summed E-state index contributed by atoms with van der Waals surface area (Å²) in [5.74, 6) is 0.457. The maximum absolute atomic E-state index is 12.6. The molecule has 0 saturated carbocycles. The Kier molecular flexibility index (Phi) is 7.33. The number of carbonyl (C=O) groups excluding carboxylic acids is 1. The number of fused-ring (bicyclic) bond motifs is 1. The summed E-state index contributed by atoms with van der Waals surface area (Å²) in [6.07, 6.45) is 1.23. The lowest BCUT2D eigenvalue weighted by atomic mass is 9.96. The van der Waals surface area contributed by atoms with Crippen molar-refractivity contribution < 1.29 is 9.53 Å².